The Morgan fingerprint density at radius 1 is 1.15 bits per heavy atom. The summed E-state index contributed by atoms with van der Waals surface area (Å²) in [4.78, 5) is 3.27. The number of anilines is 1. The standard InChI is InChI=1S/C15H12ClNOS2/c16-11-5-7-12(8-6-11)18-15(19)17-9-10-20-14-4-2-1-3-13(14)17/h1-8H,9-10H2. The number of hydrogen-bond acceptors (Lipinski definition) is 3. The lowest BCUT2D eigenvalue weighted by atomic mass is 10.3. The average molecular weight is 322 g/mol. The van der Waals surface area contributed by atoms with Gasteiger partial charge in [-0.3, -0.25) is 0 Å². The SMILES string of the molecule is S=C(Oc1ccc(Cl)cc1)N1CCSc2ccccc21. The average Bonchev–Trinajstić information content (AvgIpc) is 2.49. The van der Waals surface area contributed by atoms with Crippen molar-refractivity contribution in [3.8, 4) is 5.75 Å². The Morgan fingerprint density at radius 3 is 2.70 bits per heavy atom. The normalized spacial score (nSPS) is 13.8. The first-order valence-electron chi connectivity index (χ1n) is 6.21. The molecule has 0 N–H and O–H groups in total. The summed E-state index contributed by atoms with van der Waals surface area (Å²) < 4.78 is 5.76. The predicted molar refractivity (Wildman–Crippen MR) is 89.2 cm³/mol. The van der Waals surface area contributed by atoms with Gasteiger partial charge in [-0.25, -0.2) is 0 Å². The van der Waals surface area contributed by atoms with Crippen LogP contribution in [0.15, 0.2) is 53.4 Å². The number of benzene rings is 2. The van der Waals surface area contributed by atoms with E-state index in [-0.39, 0.29) is 0 Å². The van der Waals surface area contributed by atoms with Crippen molar-refractivity contribution in [3.63, 3.8) is 0 Å². The second-order valence-electron chi connectivity index (χ2n) is 4.29. The van der Waals surface area contributed by atoms with Crippen LogP contribution in [0.5, 0.6) is 5.75 Å². The molecule has 20 heavy (non-hydrogen) atoms. The highest BCUT2D eigenvalue weighted by atomic mass is 35.5. The second kappa shape index (κ2) is 6.04. The molecule has 0 bridgehead atoms. The summed E-state index contributed by atoms with van der Waals surface area (Å²) in [6, 6.07) is 15.5. The Morgan fingerprint density at radius 2 is 1.90 bits per heavy atom. The number of halogens is 1. The first kappa shape index (κ1) is 13.7. The zero-order valence-corrected chi connectivity index (χ0v) is 13.0. The van der Waals surface area contributed by atoms with Crippen molar-refractivity contribution in [2.45, 2.75) is 4.90 Å². The summed E-state index contributed by atoms with van der Waals surface area (Å²) in [5, 5.41) is 1.16. The van der Waals surface area contributed by atoms with E-state index in [0.717, 1.165) is 18.0 Å². The van der Waals surface area contributed by atoms with Crippen LogP contribution in [0.3, 0.4) is 0 Å². The summed E-state index contributed by atoms with van der Waals surface area (Å²) >= 11 is 13.1. The third-order valence-corrected chi connectivity index (χ3v) is 4.57. The van der Waals surface area contributed by atoms with Gasteiger partial charge in [0.15, 0.2) is 0 Å². The van der Waals surface area contributed by atoms with Gasteiger partial charge < -0.3 is 9.64 Å². The highest BCUT2D eigenvalue weighted by Crippen LogP contribution is 2.34. The molecule has 0 saturated carbocycles. The quantitative estimate of drug-likeness (QED) is 0.710. The van der Waals surface area contributed by atoms with Gasteiger partial charge in [-0.15, -0.1) is 11.8 Å². The van der Waals surface area contributed by atoms with Crippen molar-refractivity contribution < 1.29 is 4.74 Å². The lowest BCUT2D eigenvalue weighted by Gasteiger charge is -2.30. The number of thioether (sulfide) groups is 1. The van der Waals surface area contributed by atoms with Gasteiger partial charge in [-0.2, -0.15) is 0 Å². The van der Waals surface area contributed by atoms with Gasteiger partial charge in [-0.1, -0.05) is 23.7 Å². The van der Waals surface area contributed by atoms with Gasteiger partial charge in [0.1, 0.15) is 5.75 Å². The highest BCUT2D eigenvalue weighted by Gasteiger charge is 2.21. The molecule has 5 heteroatoms. The van der Waals surface area contributed by atoms with Gasteiger partial charge >= 0.3 is 0 Å². The number of para-hydroxylation sites is 1. The van der Waals surface area contributed by atoms with Gasteiger partial charge in [0.2, 0.25) is 0 Å². The lowest BCUT2D eigenvalue weighted by Crippen LogP contribution is -2.37. The molecule has 0 atom stereocenters. The molecular weight excluding hydrogens is 310 g/mol. The van der Waals surface area contributed by atoms with Crippen LogP contribution in [0, 0.1) is 0 Å². The molecule has 0 amide bonds. The summed E-state index contributed by atoms with van der Waals surface area (Å²) in [5.74, 6) is 1.70. The van der Waals surface area contributed by atoms with E-state index in [0.29, 0.717) is 15.9 Å². The zero-order valence-electron chi connectivity index (χ0n) is 10.6. The van der Waals surface area contributed by atoms with Crippen LogP contribution in [0.4, 0.5) is 5.69 Å². The van der Waals surface area contributed by atoms with Crippen LogP contribution in [0.1, 0.15) is 0 Å². The highest BCUT2D eigenvalue weighted by molar-refractivity contribution is 7.99. The third-order valence-electron chi connectivity index (χ3n) is 2.97. The van der Waals surface area contributed by atoms with Gasteiger partial charge in [0.05, 0.1) is 5.69 Å². The number of ether oxygens (including phenoxy) is 1. The Balaban J connectivity index is 1.80. The molecule has 102 valence electrons. The number of rotatable bonds is 1. The van der Waals surface area contributed by atoms with E-state index in [1.807, 2.05) is 40.9 Å². The van der Waals surface area contributed by atoms with Crippen LogP contribution in [-0.2, 0) is 0 Å². The van der Waals surface area contributed by atoms with Crippen LogP contribution >= 0.6 is 35.6 Å². The number of hydrogen-bond donors (Lipinski definition) is 0. The number of nitrogens with zero attached hydrogens (tertiary/aromatic N) is 1. The molecule has 3 rings (SSSR count). The summed E-state index contributed by atoms with van der Waals surface area (Å²) in [6.45, 7) is 0.855. The van der Waals surface area contributed by atoms with E-state index in [1.54, 1.807) is 12.1 Å². The molecule has 2 aromatic carbocycles. The molecule has 0 fully saturated rings. The molecule has 0 radical (unpaired) electrons. The summed E-state index contributed by atoms with van der Waals surface area (Å²) in [6.07, 6.45) is 0. The minimum Gasteiger partial charge on any atom is -0.432 e. The topological polar surface area (TPSA) is 12.5 Å². The largest absolute Gasteiger partial charge is 0.432 e. The van der Waals surface area contributed by atoms with E-state index in [2.05, 4.69) is 12.1 Å². The summed E-state index contributed by atoms with van der Waals surface area (Å²) in [5.41, 5.74) is 1.11. The van der Waals surface area contributed by atoms with Crippen molar-refractivity contribution in [1.82, 2.24) is 0 Å². The molecule has 1 heterocycles. The Bertz CT molecular complexity index is 630. The van der Waals surface area contributed by atoms with Gasteiger partial charge in [0.25, 0.3) is 5.17 Å². The monoisotopic (exact) mass is 321 g/mol. The Hall–Kier alpha value is -1.23. The third kappa shape index (κ3) is 2.92. The minimum absolute atomic E-state index is 0.472. The Labute approximate surface area is 132 Å². The molecule has 0 saturated heterocycles. The number of fused-ring (bicyclic) bond motifs is 1. The van der Waals surface area contributed by atoms with E-state index in [1.165, 1.54) is 4.90 Å². The fraction of sp³-hybridized carbons (Fsp3) is 0.133. The van der Waals surface area contributed by atoms with E-state index in [9.17, 15) is 0 Å². The lowest BCUT2D eigenvalue weighted by molar-refractivity contribution is 0.547. The number of thiocarbonyl (C=S) groups is 1. The smallest absolute Gasteiger partial charge is 0.269 e. The molecule has 1 aliphatic heterocycles. The van der Waals surface area contributed by atoms with Crippen LogP contribution in [-0.4, -0.2) is 17.5 Å². The van der Waals surface area contributed by atoms with Gasteiger partial charge in [-0.05, 0) is 48.6 Å². The molecule has 0 aliphatic carbocycles. The molecule has 2 aromatic rings. The molecule has 1 aliphatic rings. The molecule has 0 unspecified atom stereocenters. The zero-order chi connectivity index (χ0) is 13.9. The molecule has 0 aromatic heterocycles. The second-order valence-corrected chi connectivity index (χ2v) is 6.21. The maximum absolute atomic E-state index is 5.86. The fourth-order valence-electron chi connectivity index (χ4n) is 2.02. The van der Waals surface area contributed by atoms with Crippen LogP contribution in [0.25, 0.3) is 0 Å². The fourth-order valence-corrected chi connectivity index (χ4v) is 3.42. The van der Waals surface area contributed by atoms with Crippen molar-refractivity contribution in [2.75, 3.05) is 17.2 Å². The maximum atomic E-state index is 5.86. The molecule has 2 nitrogen and oxygen atoms in total. The van der Waals surface area contributed by atoms with Crippen molar-refractivity contribution in [2.24, 2.45) is 0 Å². The van der Waals surface area contributed by atoms with E-state index in [4.69, 9.17) is 28.6 Å². The van der Waals surface area contributed by atoms with Crippen LogP contribution in [0.2, 0.25) is 5.02 Å². The first-order chi connectivity index (χ1) is 9.74. The minimum atomic E-state index is 0.472. The maximum Gasteiger partial charge on any atom is 0.269 e. The molecular formula is C15H12ClNOS2. The molecule has 0 spiro atoms. The van der Waals surface area contributed by atoms with Crippen LogP contribution < -0.4 is 9.64 Å². The van der Waals surface area contributed by atoms with Gasteiger partial charge in [0, 0.05) is 22.2 Å². The van der Waals surface area contributed by atoms with Crippen molar-refractivity contribution >= 4 is 46.4 Å². The Kier molecular flexibility index (Phi) is 4.15. The van der Waals surface area contributed by atoms with E-state index < -0.39 is 0 Å². The van der Waals surface area contributed by atoms with Crippen molar-refractivity contribution in [3.05, 3.63) is 53.6 Å². The van der Waals surface area contributed by atoms with E-state index >= 15 is 0 Å². The predicted octanol–water partition coefficient (Wildman–Crippen LogP) is 4.62. The first-order valence-corrected chi connectivity index (χ1v) is 7.98. The van der Waals surface area contributed by atoms with Crippen molar-refractivity contribution in [1.29, 1.82) is 0 Å². The summed E-state index contributed by atoms with van der Waals surface area (Å²) in [7, 11) is 0.